The van der Waals surface area contributed by atoms with E-state index in [4.69, 9.17) is 4.74 Å². The molecule has 2 saturated heterocycles. The minimum atomic E-state index is -0.257. The van der Waals surface area contributed by atoms with E-state index < -0.39 is 0 Å². The predicted octanol–water partition coefficient (Wildman–Crippen LogP) is 0.968. The summed E-state index contributed by atoms with van der Waals surface area (Å²) in [6, 6.07) is 0.889. The number of alkyl carbamates (subject to hydrolysis) is 1. The molecule has 0 saturated carbocycles. The van der Waals surface area contributed by atoms with Crippen LogP contribution in [0.4, 0.5) is 4.79 Å². The highest BCUT2D eigenvalue weighted by molar-refractivity contribution is 5.67. The molecule has 2 N–H and O–H groups in total. The lowest BCUT2D eigenvalue weighted by Crippen LogP contribution is -3.18. The number of hydrogen-bond acceptors (Lipinski definition) is 2. The summed E-state index contributed by atoms with van der Waals surface area (Å²) < 4.78 is 5.38. The molecule has 4 nitrogen and oxygen atoms in total. The Morgan fingerprint density at radius 2 is 2.06 bits per heavy atom. The fraction of sp³-hybridized carbons (Fsp3) is 0.929. The highest BCUT2D eigenvalue weighted by Crippen LogP contribution is 2.20. The third-order valence-corrected chi connectivity index (χ3v) is 4.26. The number of nitrogens with one attached hydrogen (secondary N) is 2. The molecule has 3 atom stereocenters. The minimum absolute atomic E-state index is 0.153. The van der Waals surface area contributed by atoms with Gasteiger partial charge in [0.2, 0.25) is 0 Å². The van der Waals surface area contributed by atoms with Crippen LogP contribution in [0.1, 0.15) is 46.0 Å². The monoisotopic (exact) mass is 255 g/mol. The van der Waals surface area contributed by atoms with Gasteiger partial charge in [0, 0.05) is 12.0 Å². The van der Waals surface area contributed by atoms with Crippen LogP contribution in [0, 0.1) is 5.92 Å². The molecule has 0 aliphatic carbocycles. The van der Waals surface area contributed by atoms with Crippen LogP contribution in [0.5, 0.6) is 0 Å². The lowest BCUT2D eigenvalue weighted by Gasteiger charge is -2.40. The molecule has 0 bridgehead atoms. The summed E-state index contributed by atoms with van der Waals surface area (Å²) in [4.78, 5) is 13.3. The van der Waals surface area contributed by atoms with Crippen LogP contribution in [0.25, 0.3) is 0 Å². The number of rotatable bonds is 3. The topological polar surface area (TPSA) is 42.8 Å². The molecule has 0 aromatic carbocycles. The van der Waals surface area contributed by atoms with Crippen molar-refractivity contribution in [2.75, 3.05) is 19.7 Å². The molecule has 104 valence electrons. The summed E-state index contributed by atoms with van der Waals surface area (Å²) in [5.41, 5.74) is 0. The van der Waals surface area contributed by atoms with Crippen molar-refractivity contribution in [3.8, 4) is 0 Å². The van der Waals surface area contributed by atoms with E-state index in [0.717, 1.165) is 6.04 Å². The Morgan fingerprint density at radius 3 is 2.83 bits per heavy atom. The summed E-state index contributed by atoms with van der Waals surface area (Å²) in [6.45, 7) is 7.15. The van der Waals surface area contributed by atoms with E-state index in [1.54, 1.807) is 4.90 Å². The molecule has 2 aliphatic heterocycles. The fourth-order valence-corrected chi connectivity index (χ4v) is 3.44. The van der Waals surface area contributed by atoms with E-state index in [0.29, 0.717) is 12.5 Å². The Morgan fingerprint density at radius 1 is 1.28 bits per heavy atom. The predicted molar refractivity (Wildman–Crippen MR) is 70.7 cm³/mol. The maximum Gasteiger partial charge on any atom is 0.407 e. The molecule has 18 heavy (non-hydrogen) atoms. The summed E-state index contributed by atoms with van der Waals surface area (Å²) in [5.74, 6) is 0.576. The van der Waals surface area contributed by atoms with Crippen LogP contribution in [0.2, 0.25) is 0 Å². The fourth-order valence-electron chi connectivity index (χ4n) is 3.44. The quantitative estimate of drug-likeness (QED) is 0.789. The van der Waals surface area contributed by atoms with Crippen molar-refractivity contribution in [3.05, 3.63) is 0 Å². The van der Waals surface area contributed by atoms with Gasteiger partial charge in [-0.1, -0.05) is 0 Å². The summed E-state index contributed by atoms with van der Waals surface area (Å²) in [6.07, 6.45) is 6.29. The smallest absolute Gasteiger partial charge is 0.407 e. The number of carbonyl (C=O) groups excluding carboxylic acids is 1. The molecule has 1 amide bonds. The van der Waals surface area contributed by atoms with Crippen molar-refractivity contribution >= 4 is 6.09 Å². The number of fused-ring (bicyclic) bond motifs is 1. The van der Waals surface area contributed by atoms with E-state index in [1.165, 1.54) is 45.2 Å². The second kappa shape index (κ2) is 6.41. The van der Waals surface area contributed by atoms with Gasteiger partial charge in [0.25, 0.3) is 0 Å². The molecule has 4 heteroatoms. The average molecular weight is 255 g/mol. The van der Waals surface area contributed by atoms with Crippen molar-refractivity contribution in [2.24, 2.45) is 5.92 Å². The normalized spacial score (nSPS) is 31.8. The van der Waals surface area contributed by atoms with E-state index in [-0.39, 0.29) is 12.1 Å². The lowest BCUT2D eigenvalue weighted by molar-refractivity contribution is -0.940. The van der Waals surface area contributed by atoms with Gasteiger partial charge >= 0.3 is 6.09 Å². The number of quaternary nitrogens is 1. The van der Waals surface area contributed by atoms with Gasteiger partial charge in [0.05, 0.1) is 19.1 Å². The molecule has 2 fully saturated rings. The summed E-state index contributed by atoms with van der Waals surface area (Å²) in [5, 5.41) is 2.79. The minimum Gasteiger partial charge on any atom is -0.449 e. The molecule has 2 rings (SSSR count). The number of piperidine rings is 2. The highest BCUT2D eigenvalue weighted by Gasteiger charge is 2.37. The molecule has 0 spiro atoms. The summed E-state index contributed by atoms with van der Waals surface area (Å²) >= 11 is 0. The SMILES string of the molecule is CC(C)NC(=O)OC[C@@H]1CCC[NH+]2CCCC[C@H]12. The van der Waals surface area contributed by atoms with Crippen LogP contribution in [0.15, 0.2) is 0 Å². The Kier molecular flexibility index (Phi) is 4.87. The molecule has 0 aromatic heterocycles. The molecule has 0 aromatic rings. The maximum atomic E-state index is 11.5. The van der Waals surface area contributed by atoms with Crippen LogP contribution in [-0.2, 0) is 4.74 Å². The van der Waals surface area contributed by atoms with Gasteiger partial charge in [-0.15, -0.1) is 0 Å². The average Bonchev–Trinajstić information content (AvgIpc) is 2.35. The first-order chi connectivity index (χ1) is 8.66. The molecular formula is C14H27N2O2+. The molecule has 2 aliphatic rings. The van der Waals surface area contributed by atoms with Gasteiger partial charge in [-0.2, -0.15) is 0 Å². The highest BCUT2D eigenvalue weighted by atomic mass is 16.5. The molecule has 0 radical (unpaired) electrons. The number of amides is 1. The third-order valence-electron chi connectivity index (χ3n) is 4.26. The van der Waals surface area contributed by atoms with E-state index >= 15 is 0 Å². The van der Waals surface area contributed by atoms with Crippen LogP contribution < -0.4 is 10.2 Å². The van der Waals surface area contributed by atoms with Gasteiger partial charge < -0.3 is 15.0 Å². The van der Waals surface area contributed by atoms with Gasteiger partial charge in [0.15, 0.2) is 0 Å². The molecule has 1 unspecified atom stereocenters. The Bertz CT molecular complexity index is 279. The first-order valence-electron chi connectivity index (χ1n) is 7.44. The van der Waals surface area contributed by atoms with Crippen molar-refractivity contribution in [2.45, 2.75) is 58.0 Å². The van der Waals surface area contributed by atoms with E-state index in [1.807, 2.05) is 13.8 Å². The van der Waals surface area contributed by atoms with E-state index in [2.05, 4.69) is 5.32 Å². The van der Waals surface area contributed by atoms with E-state index in [9.17, 15) is 4.79 Å². The second-order valence-electron chi connectivity index (χ2n) is 6.06. The van der Waals surface area contributed by atoms with Gasteiger partial charge in [0.1, 0.15) is 6.61 Å². The first-order valence-corrected chi connectivity index (χ1v) is 7.44. The maximum absolute atomic E-state index is 11.5. The lowest BCUT2D eigenvalue weighted by atomic mass is 9.84. The second-order valence-corrected chi connectivity index (χ2v) is 6.06. The summed E-state index contributed by atoms with van der Waals surface area (Å²) in [7, 11) is 0. The first kappa shape index (κ1) is 13.7. The third kappa shape index (κ3) is 3.61. The number of hydrogen-bond donors (Lipinski definition) is 2. The number of carbonyl (C=O) groups is 1. The van der Waals surface area contributed by atoms with Crippen molar-refractivity contribution in [1.29, 1.82) is 0 Å². The van der Waals surface area contributed by atoms with Crippen LogP contribution >= 0.6 is 0 Å². The van der Waals surface area contributed by atoms with Gasteiger partial charge in [-0.3, -0.25) is 0 Å². The molecular weight excluding hydrogens is 228 g/mol. The van der Waals surface area contributed by atoms with Crippen LogP contribution in [0.3, 0.4) is 0 Å². The molecule has 2 heterocycles. The Hall–Kier alpha value is -0.770. The van der Waals surface area contributed by atoms with Gasteiger partial charge in [-0.05, 0) is 46.0 Å². The largest absolute Gasteiger partial charge is 0.449 e. The zero-order chi connectivity index (χ0) is 13.0. The zero-order valence-electron chi connectivity index (χ0n) is 11.7. The van der Waals surface area contributed by atoms with Crippen molar-refractivity contribution in [3.63, 3.8) is 0 Å². The van der Waals surface area contributed by atoms with Gasteiger partial charge in [-0.25, -0.2) is 4.79 Å². The zero-order valence-corrected chi connectivity index (χ0v) is 11.7. The van der Waals surface area contributed by atoms with Crippen LogP contribution in [-0.4, -0.2) is 37.9 Å². The number of ether oxygens (including phenoxy) is 1. The standard InChI is InChI=1S/C14H26N2O2/c1-11(2)15-14(17)18-10-12-6-5-9-16-8-4-3-7-13(12)16/h11-13H,3-10H2,1-2H3,(H,15,17)/p+1/t12-,13+/m0/s1. The Labute approximate surface area is 110 Å². The van der Waals surface area contributed by atoms with Crippen molar-refractivity contribution < 1.29 is 14.4 Å². The Balaban J connectivity index is 1.79. The van der Waals surface area contributed by atoms with Crippen molar-refractivity contribution in [1.82, 2.24) is 5.32 Å².